The Morgan fingerprint density at radius 1 is 1.60 bits per heavy atom. The second-order valence-electron chi connectivity index (χ2n) is 3.36. The minimum Gasteiger partial charge on any atom is -0.253 e. The maximum absolute atomic E-state index is 12.8. The summed E-state index contributed by atoms with van der Waals surface area (Å²) in [7, 11) is -3.28. The van der Waals surface area contributed by atoms with Crippen LogP contribution >= 0.6 is 0 Å². The minimum atomic E-state index is -3.28. The molecule has 0 N–H and O–H groups in total. The monoisotopic (exact) mass is 230 g/mol. The number of fused-ring (bicyclic) bond motifs is 1. The first-order valence-electron chi connectivity index (χ1n) is 4.69. The van der Waals surface area contributed by atoms with Gasteiger partial charge in [-0.05, 0) is 19.4 Å². The smallest absolute Gasteiger partial charge is 0.236 e. The molecule has 0 bridgehead atoms. The second-order valence-corrected chi connectivity index (χ2v) is 5.54. The Balaban J connectivity index is 2.46. The van der Waals surface area contributed by atoms with Gasteiger partial charge in [0.05, 0.1) is 11.9 Å². The van der Waals surface area contributed by atoms with Crippen LogP contribution in [-0.2, 0) is 16.4 Å². The van der Waals surface area contributed by atoms with Crippen LogP contribution in [0.3, 0.4) is 0 Å². The Morgan fingerprint density at radius 3 is 3.00 bits per heavy atom. The van der Waals surface area contributed by atoms with E-state index < -0.39 is 15.8 Å². The molecule has 2 rings (SSSR count). The third-order valence-corrected chi connectivity index (χ3v) is 4.19. The lowest BCUT2D eigenvalue weighted by Gasteiger charge is -2.16. The van der Waals surface area contributed by atoms with E-state index in [0.29, 0.717) is 24.3 Å². The molecule has 0 fully saturated rings. The quantitative estimate of drug-likeness (QED) is 0.759. The Labute approximate surface area is 87.8 Å². The molecule has 1 aromatic heterocycles. The summed E-state index contributed by atoms with van der Waals surface area (Å²) in [5, 5.41) is 0. The van der Waals surface area contributed by atoms with E-state index in [4.69, 9.17) is 0 Å². The van der Waals surface area contributed by atoms with Crippen molar-refractivity contribution in [1.29, 1.82) is 0 Å². The van der Waals surface area contributed by atoms with Gasteiger partial charge in [0.1, 0.15) is 11.6 Å². The van der Waals surface area contributed by atoms with Gasteiger partial charge < -0.3 is 0 Å². The molecule has 15 heavy (non-hydrogen) atoms. The number of halogens is 1. The predicted octanol–water partition coefficient (Wildman–Crippen LogP) is 0.933. The van der Waals surface area contributed by atoms with Crippen molar-refractivity contribution in [2.24, 2.45) is 0 Å². The standard InChI is InChI=1S/C9H11FN2O2S/c1-2-15(13,14)12-4-3-7-5-8(10)6-11-9(7)12/h5-6H,2-4H2,1H3. The molecular formula is C9H11FN2O2S. The molecule has 0 atom stereocenters. The van der Waals surface area contributed by atoms with Gasteiger partial charge in [-0.2, -0.15) is 0 Å². The summed E-state index contributed by atoms with van der Waals surface area (Å²) in [5.41, 5.74) is 0.659. The van der Waals surface area contributed by atoms with Gasteiger partial charge in [-0.1, -0.05) is 0 Å². The van der Waals surface area contributed by atoms with E-state index in [2.05, 4.69) is 4.98 Å². The average molecular weight is 230 g/mol. The topological polar surface area (TPSA) is 50.3 Å². The zero-order valence-electron chi connectivity index (χ0n) is 8.27. The first-order chi connectivity index (χ1) is 7.04. The van der Waals surface area contributed by atoms with Crippen LogP contribution in [0.4, 0.5) is 10.2 Å². The summed E-state index contributed by atoms with van der Waals surface area (Å²) in [6, 6.07) is 1.34. The highest BCUT2D eigenvalue weighted by molar-refractivity contribution is 7.92. The molecule has 0 radical (unpaired) electrons. The van der Waals surface area contributed by atoms with Gasteiger partial charge in [-0.25, -0.2) is 17.8 Å². The van der Waals surface area contributed by atoms with Gasteiger partial charge in [-0.3, -0.25) is 4.31 Å². The van der Waals surface area contributed by atoms with Crippen molar-refractivity contribution in [3.8, 4) is 0 Å². The zero-order valence-corrected chi connectivity index (χ0v) is 9.09. The number of hydrogen-bond donors (Lipinski definition) is 0. The van der Waals surface area contributed by atoms with Crippen molar-refractivity contribution in [3.63, 3.8) is 0 Å². The van der Waals surface area contributed by atoms with Crippen molar-refractivity contribution < 1.29 is 12.8 Å². The average Bonchev–Trinajstić information content (AvgIpc) is 2.61. The molecule has 1 aliphatic heterocycles. The summed E-state index contributed by atoms with van der Waals surface area (Å²) >= 11 is 0. The van der Waals surface area contributed by atoms with E-state index in [1.807, 2.05) is 0 Å². The second kappa shape index (κ2) is 3.44. The number of hydrogen-bond acceptors (Lipinski definition) is 3. The van der Waals surface area contributed by atoms with Crippen LogP contribution in [0.2, 0.25) is 0 Å². The van der Waals surface area contributed by atoms with E-state index in [-0.39, 0.29) is 5.75 Å². The summed E-state index contributed by atoms with van der Waals surface area (Å²) < 4.78 is 37.4. The van der Waals surface area contributed by atoms with Gasteiger partial charge in [0, 0.05) is 12.1 Å². The van der Waals surface area contributed by atoms with Crippen LogP contribution < -0.4 is 4.31 Å². The molecule has 0 aromatic carbocycles. The Morgan fingerprint density at radius 2 is 2.33 bits per heavy atom. The van der Waals surface area contributed by atoms with Gasteiger partial charge in [0.15, 0.2) is 0 Å². The van der Waals surface area contributed by atoms with Crippen LogP contribution in [0.5, 0.6) is 0 Å². The molecule has 1 aromatic rings. The largest absolute Gasteiger partial charge is 0.253 e. The Kier molecular flexibility index (Phi) is 2.38. The lowest BCUT2D eigenvalue weighted by molar-refractivity contribution is 0.593. The van der Waals surface area contributed by atoms with Gasteiger partial charge >= 0.3 is 0 Å². The summed E-state index contributed by atoms with van der Waals surface area (Å²) in [6.45, 7) is 1.94. The van der Waals surface area contributed by atoms with E-state index >= 15 is 0 Å². The predicted molar refractivity (Wildman–Crippen MR) is 54.7 cm³/mol. The Bertz CT molecular complexity index is 487. The van der Waals surface area contributed by atoms with Crippen molar-refractivity contribution in [1.82, 2.24) is 4.98 Å². The number of pyridine rings is 1. The molecule has 1 aliphatic rings. The number of nitrogens with zero attached hydrogens (tertiary/aromatic N) is 2. The molecule has 0 saturated heterocycles. The van der Waals surface area contributed by atoms with Crippen LogP contribution in [0.15, 0.2) is 12.3 Å². The molecule has 0 amide bonds. The van der Waals surface area contributed by atoms with E-state index in [9.17, 15) is 12.8 Å². The third-order valence-electron chi connectivity index (χ3n) is 2.43. The summed E-state index contributed by atoms with van der Waals surface area (Å²) in [6.07, 6.45) is 1.57. The fraction of sp³-hybridized carbons (Fsp3) is 0.444. The van der Waals surface area contributed by atoms with Gasteiger partial charge in [0.2, 0.25) is 10.0 Å². The Hall–Kier alpha value is -1.17. The minimum absolute atomic E-state index is 0.0332. The molecule has 82 valence electrons. The molecule has 0 aliphatic carbocycles. The lowest BCUT2D eigenvalue weighted by Crippen LogP contribution is -2.30. The van der Waals surface area contributed by atoms with Crippen LogP contribution in [-0.4, -0.2) is 25.7 Å². The first kappa shape index (κ1) is 10.4. The fourth-order valence-electron chi connectivity index (χ4n) is 1.64. The van der Waals surface area contributed by atoms with E-state index in [1.165, 1.54) is 10.4 Å². The van der Waals surface area contributed by atoms with E-state index in [0.717, 1.165) is 6.20 Å². The fourth-order valence-corrected chi connectivity index (χ4v) is 2.75. The molecule has 0 saturated carbocycles. The van der Waals surface area contributed by atoms with E-state index in [1.54, 1.807) is 6.92 Å². The molecular weight excluding hydrogens is 219 g/mol. The van der Waals surface area contributed by atoms with Crippen molar-refractivity contribution in [3.05, 3.63) is 23.6 Å². The molecule has 0 spiro atoms. The number of aromatic nitrogens is 1. The maximum atomic E-state index is 12.8. The third kappa shape index (κ3) is 1.69. The lowest BCUT2D eigenvalue weighted by atomic mass is 10.2. The SMILES string of the molecule is CCS(=O)(=O)N1CCc2cc(F)cnc21. The highest BCUT2D eigenvalue weighted by atomic mass is 32.2. The van der Waals surface area contributed by atoms with Crippen LogP contribution in [0, 0.1) is 5.82 Å². The molecule has 0 unspecified atom stereocenters. The summed E-state index contributed by atoms with van der Waals surface area (Å²) in [5.74, 6) is -0.0198. The highest BCUT2D eigenvalue weighted by Crippen LogP contribution is 2.28. The maximum Gasteiger partial charge on any atom is 0.236 e. The number of sulfonamides is 1. The number of rotatable bonds is 2. The van der Waals surface area contributed by atoms with Crippen molar-refractivity contribution in [2.45, 2.75) is 13.3 Å². The number of anilines is 1. The van der Waals surface area contributed by atoms with Gasteiger partial charge in [0.25, 0.3) is 0 Å². The van der Waals surface area contributed by atoms with Crippen molar-refractivity contribution >= 4 is 15.8 Å². The van der Waals surface area contributed by atoms with Crippen LogP contribution in [0.25, 0.3) is 0 Å². The van der Waals surface area contributed by atoms with Crippen molar-refractivity contribution in [2.75, 3.05) is 16.6 Å². The van der Waals surface area contributed by atoms with Gasteiger partial charge in [-0.15, -0.1) is 0 Å². The summed E-state index contributed by atoms with van der Waals surface area (Å²) in [4.78, 5) is 3.83. The highest BCUT2D eigenvalue weighted by Gasteiger charge is 2.29. The molecule has 4 nitrogen and oxygen atoms in total. The first-order valence-corrected chi connectivity index (χ1v) is 6.30. The molecule has 6 heteroatoms. The normalized spacial score (nSPS) is 15.5. The van der Waals surface area contributed by atoms with Crippen LogP contribution in [0.1, 0.15) is 12.5 Å². The zero-order chi connectivity index (χ0) is 11.1. The molecule has 2 heterocycles.